The number of carbonyl (C=O) groups is 3. The van der Waals surface area contributed by atoms with Crippen LogP contribution in [0.4, 0.5) is 4.79 Å². The van der Waals surface area contributed by atoms with Crippen LogP contribution in [0.5, 0.6) is 5.75 Å². The van der Waals surface area contributed by atoms with E-state index in [1.54, 1.807) is 49.9 Å². The van der Waals surface area contributed by atoms with Gasteiger partial charge < -0.3 is 25.4 Å². The van der Waals surface area contributed by atoms with E-state index in [0.717, 1.165) is 63.4 Å². The Kier molecular flexibility index (Phi) is 13.4. The number of benzene rings is 2. The third-order valence-corrected chi connectivity index (χ3v) is 7.80. The number of para-hydroxylation sites is 1. The standard InChI is InChI=1S/C35H51N3O5/c1-5-6-7-8-17-24-38(31(28-22-15-16-23-30(28)39)32(40)36-27-20-13-10-14-21-27)33(41)29(25-26-18-11-9-12-19-26)37-34(42)43-35(2,3)4/h9,11-12,15-16,18-19,22-23,27,29,31,39H,5-8,10,13-14,17,20-21,24-25H2,1-4H3,(H,36,40)(H,37,42). The second-order valence-electron chi connectivity index (χ2n) is 12.6. The molecular weight excluding hydrogens is 542 g/mol. The van der Waals surface area contributed by atoms with Crippen LogP contribution < -0.4 is 10.6 Å². The van der Waals surface area contributed by atoms with E-state index in [2.05, 4.69) is 17.6 Å². The molecule has 1 aliphatic rings. The molecule has 0 bridgehead atoms. The lowest BCUT2D eigenvalue weighted by Crippen LogP contribution is -2.54. The number of aromatic hydroxyl groups is 1. The minimum absolute atomic E-state index is 0.0242. The number of carbonyl (C=O) groups excluding carboxylic acids is 3. The third kappa shape index (κ3) is 11.2. The average Bonchev–Trinajstić information content (AvgIpc) is 2.96. The van der Waals surface area contributed by atoms with Gasteiger partial charge in [0.05, 0.1) is 0 Å². The van der Waals surface area contributed by atoms with E-state index in [-0.39, 0.29) is 24.1 Å². The van der Waals surface area contributed by atoms with Crippen molar-refractivity contribution in [3.05, 3.63) is 65.7 Å². The van der Waals surface area contributed by atoms with Gasteiger partial charge in [-0.05, 0) is 51.7 Å². The molecule has 3 N–H and O–H groups in total. The second kappa shape index (κ2) is 16.9. The number of nitrogens with zero attached hydrogens (tertiary/aromatic N) is 1. The van der Waals surface area contributed by atoms with Crippen molar-refractivity contribution in [3.8, 4) is 5.75 Å². The number of phenols is 1. The van der Waals surface area contributed by atoms with Gasteiger partial charge in [-0.3, -0.25) is 9.59 Å². The molecule has 2 aromatic carbocycles. The Balaban J connectivity index is 2.01. The lowest BCUT2D eigenvalue weighted by atomic mass is 9.94. The highest BCUT2D eigenvalue weighted by Crippen LogP contribution is 2.31. The molecule has 3 amide bonds. The quantitative estimate of drug-likeness (QED) is 0.208. The van der Waals surface area contributed by atoms with Gasteiger partial charge in [0, 0.05) is 24.6 Å². The summed E-state index contributed by atoms with van der Waals surface area (Å²) in [5.41, 5.74) is 0.487. The number of unbranched alkanes of at least 4 members (excludes halogenated alkanes) is 4. The first-order valence-corrected chi connectivity index (χ1v) is 16.0. The molecule has 0 heterocycles. The third-order valence-electron chi connectivity index (χ3n) is 7.80. The van der Waals surface area contributed by atoms with Crippen molar-refractivity contribution >= 4 is 17.9 Å². The molecule has 2 atom stereocenters. The molecule has 2 unspecified atom stereocenters. The predicted octanol–water partition coefficient (Wildman–Crippen LogP) is 6.82. The molecule has 1 fully saturated rings. The smallest absolute Gasteiger partial charge is 0.408 e. The van der Waals surface area contributed by atoms with E-state index in [0.29, 0.717) is 18.5 Å². The Hall–Kier alpha value is -3.55. The molecule has 1 aliphatic carbocycles. The van der Waals surface area contributed by atoms with Gasteiger partial charge in [0.2, 0.25) is 11.8 Å². The molecule has 3 rings (SSSR count). The number of nitrogens with one attached hydrogen (secondary N) is 2. The zero-order chi connectivity index (χ0) is 31.2. The van der Waals surface area contributed by atoms with E-state index in [9.17, 15) is 19.5 Å². The number of hydrogen-bond donors (Lipinski definition) is 3. The number of rotatable bonds is 14. The SMILES string of the molecule is CCCCCCCN(C(=O)C(Cc1ccccc1)NC(=O)OC(C)(C)C)C(C(=O)NC1CCCCC1)c1ccccc1O. The van der Waals surface area contributed by atoms with E-state index in [1.165, 1.54) is 0 Å². The number of phenolic OH excluding ortho intramolecular Hbond substituents is 1. The highest BCUT2D eigenvalue weighted by molar-refractivity contribution is 5.92. The van der Waals surface area contributed by atoms with Gasteiger partial charge >= 0.3 is 6.09 Å². The average molecular weight is 594 g/mol. The molecule has 0 radical (unpaired) electrons. The maximum Gasteiger partial charge on any atom is 0.408 e. The van der Waals surface area contributed by atoms with Crippen LogP contribution >= 0.6 is 0 Å². The first-order valence-electron chi connectivity index (χ1n) is 16.0. The van der Waals surface area contributed by atoms with E-state index < -0.39 is 29.7 Å². The van der Waals surface area contributed by atoms with Crippen molar-refractivity contribution in [3.63, 3.8) is 0 Å². The van der Waals surface area contributed by atoms with Crippen LogP contribution in [0.15, 0.2) is 54.6 Å². The minimum Gasteiger partial charge on any atom is -0.508 e. The fourth-order valence-electron chi connectivity index (χ4n) is 5.65. The normalized spacial score (nSPS) is 15.3. The van der Waals surface area contributed by atoms with Crippen LogP contribution in [0.25, 0.3) is 0 Å². The Labute approximate surface area is 257 Å². The molecule has 1 saturated carbocycles. The Morgan fingerprint density at radius 1 is 0.930 bits per heavy atom. The van der Waals surface area contributed by atoms with Crippen molar-refractivity contribution in [1.29, 1.82) is 0 Å². The van der Waals surface area contributed by atoms with E-state index >= 15 is 0 Å². The Morgan fingerprint density at radius 3 is 2.23 bits per heavy atom. The van der Waals surface area contributed by atoms with Crippen molar-refractivity contribution in [1.82, 2.24) is 15.5 Å². The summed E-state index contributed by atoms with van der Waals surface area (Å²) in [5, 5.41) is 16.9. The summed E-state index contributed by atoms with van der Waals surface area (Å²) in [6.45, 7) is 7.77. The van der Waals surface area contributed by atoms with Crippen molar-refractivity contribution in [2.24, 2.45) is 0 Å². The van der Waals surface area contributed by atoms with Gasteiger partial charge in [0.15, 0.2) is 0 Å². The van der Waals surface area contributed by atoms with Crippen LogP contribution in [0.2, 0.25) is 0 Å². The van der Waals surface area contributed by atoms with Gasteiger partial charge in [-0.2, -0.15) is 0 Å². The molecule has 0 aliphatic heterocycles. The lowest BCUT2D eigenvalue weighted by Gasteiger charge is -2.36. The number of ether oxygens (including phenoxy) is 1. The summed E-state index contributed by atoms with van der Waals surface area (Å²) in [7, 11) is 0. The molecule has 8 heteroatoms. The Morgan fingerprint density at radius 2 is 1.58 bits per heavy atom. The maximum atomic E-state index is 14.6. The fourth-order valence-corrected chi connectivity index (χ4v) is 5.65. The highest BCUT2D eigenvalue weighted by Gasteiger charge is 2.38. The molecule has 2 aromatic rings. The summed E-state index contributed by atoms with van der Waals surface area (Å²) in [5.74, 6) is -0.752. The molecule has 236 valence electrons. The number of amides is 3. The maximum absolute atomic E-state index is 14.6. The molecule has 0 saturated heterocycles. The largest absolute Gasteiger partial charge is 0.508 e. The first-order chi connectivity index (χ1) is 20.6. The first kappa shape index (κ1) is 33.9. The van der Waals surface area contributed by atoms with E-state index in [4.69, 9.17) is 4.74 Å². The highest BCUT2D eigenvalue weighted by atomic mass is 16.6. The summed E-state index contributed by atoms with van der Waals surface area (Å²) in [6.07, 6.45) is 9.35. The molecule has 43 heavy (non-hydrogen) atoms. The number of alkyl carbamates (subject to hydrolysis) is 1. The molecule has 8 nitrogen and oxygen atoms in total. The van der Waals surface area contributed by atoms with Crippen molar-refractivity contribution < 1.29 is 24.2 Å². The van der Waals surface area contributed by atoms with Gasteiger partial charge in [0.25, 0.3) is 0 Å². The van der Waals surface area contributed by atoms with Crippen LogP contribution in [0.1, 0.15) is 109 Å². The van der Waals surface area contributed by atoms with E-state index in [1.807, 2.05) is 30.3 Å². The van der Waals surface area contributed by atoms with Gasteiger partial charge in [-0.15, -0.1) is 0 Å². The minimum atomic E-state index is -1.06. The Bertz CT molecular complexity index is 1160. The monoisotopic (exact) mass is 593 g/mol. The van der Waals surface area contributed by atoms with Gasteiger partial charge in [-0.1, -0.05) is 100 Å². The fraction of sp³-hybridized carbons (Fsp3) is 0.571. The predicted molar refractivity (Wildman–Crippen MR) is 170 cm³/mol. The van der Waals surface area contributed by atoms with Crippen LogP contribution in [-0.4, -0.2) is 52.1 Å². The topological polar surface area (TPSA) is 108 Å². The van der Waals surface area contributed by atoms with Crippen LogP contribution in [0.3, 0.4) is 0 Å². The summed E-state index contributed by atoms with van der Waals surface area (Å²) in [4.78, 5) is 43.2. The lowest BCUT2D eigenvalue weighted by molar-refractivity contribution is -0.143. The zero-order valence-corrected chi connectivity index (χ0v) is 26.4. The van der Waals surface area contributed by atoms with Crippen LogP contribution in [-0.2, 0) is 20.7 Å². The molecule has 0 spiro atoms. The van der Waals surface area contributed by atoms with Crippen molar-refractivity contribution in [2.75, 3.05) is 6.54 Å². The summed E-state index contributed by atoms with van der Waals surface area (Å²) in [6, 6.07) is 14.2. The van der Waals surface area contributed by atoms with Crippen molar-refractivity contribution in [2.45, 2.75) is 122 Å². The van der Waals surface area contributed by atoms with Gasteiger partial charge in [-0.25, -0.2) is 4.79 Å². The molecular formula is C35H51N3O5. The number of hydrogen-bond acceptors (Lipinski definition) is 5. The zero-order valence-electron chi connectivity index (χ0n) is 26.4. The summed E-state index contributed by atoms with van der Waals surface area (Å²) < 4.78 is 5.53. The molecule has 0 aromatic heterocycles. The second-order valence-corrected chi connectivity index (χ2v) is 12.6. The van der Waals surface area contributed by atoms with Gasteiger partial charge in [0.1, 0.15) is 23.4 Å². The van der Waals surface area contributed by atoms with Crippen LogP contribution in [0, 0.1) is 0 Å². The summed E-state index contributed by atoms with van der Waals surface area (Å²) >= 11 is 0.